The maximum Gasteiger partial charge on any atom is 0.338 e. The van der Waals surface area contributed by atoms with Crippen LogP contribution in [0.15, 0.2) is 53.0 Å². The van der Waals surface area contributed by atoms with Crippen LogP contribution in [0.3, 0.4) is 0 Å². The van der Waals surface area contributed by atoms with Crippen molar-refractivity contribution in [1.82, 2.24) is 0 Å². The number of ether oxygens (including phenoxy) is 3. The predicted octanol–water partition coefficient (Wildman–Crippen LogP) is 4.87. The Hall–Kier alpha value is -3.54. The van der Waals surface area contributed by atoms with E-state index in [1.807, 2.05) is 0 Å². The molecule has 1 heterocycles. The molecule has 0 spiro atoms. The number of hydrogen-bond donors (Lipinski definition) is 0. The lowest BCUT2D eigenvalue weighted by Gasteiger charge is -2.09. The molecule has 0 unspecified atom stereocenters. The minimum atomic E-state index is -0.557. The molecular formula is C22H20O6. The van der Waals surface area contributed by atoms with E-state index in [9.17, 15) is 9.59 Å². The van der Waals surface area contributed by atoms with Crippen molar-refractivity contribution < 1.29 is 28.2 Å². The van der Waals surface area contributed by atoms with Crippen LogP contribution in [-0.4, -0.2) is 19.0 Å². The van der Waals surface area contributed by atoms with Crippen LogP contribution in [0.4, 0.5) is 0 Å². The first-order valence-electron chi connectivity index (χ1n) is 8.52. The molecule has 0 amide bonds. The van der Waals surface area contributed by atoms with E-state index in [-0.39, 0.29) is 11.3 Å². The topological polar surface area (TPSA) is 75.0 Å². The molecule has 3 aromatic rings. The van der Waals surface area contributed by atoms with E-state index < -0.39 is 11.9 Å². The number of esters is 2. The van der Waals surface area contributed by atoms with E-state index in [0.717, 1.165) is 10.8 Å². The Morgan fingerprint density at radius 2 is 1.36 bits per heavy atom. The van der Waals surface area contributed by atoms with Gasteiger partial charge in [-0.25, -0.2) is 9.59 Å². The molecule has 6 heteroatoms. The largest absolute Gasteiger partial charge is 0.490 e. The number of rotatable bonds is 5. The van der Waals surface area contributed by atoms with E-state index in [1.54, 1.807) is 45.0 Å². The summed E-state index contributed by atoms with van der Waals surface area (Å²) >= 11 is 0. The highest BCUT2D eigenvalue weighted by Crippen LogP contribution is 2.43. The molecule has 0 aliphatic carbocycles. The molecule has 0 fully saturated rings. The minimum Gasteiger partial charge on any atom is -0.490 e. The Morgan fingerprint density at radius 3 is 1.89 bits per heavy atom. The monoisotopic (exact) mass is 380 g/mol. The number of benzene rings is 2. The third-order valence-electron chi connectivity index (χ3n) is 4.23. The fraction of sp³-hybridized carbons (Fsp3) is 0.182. The Kier molecular flexibility index (Phi) is 4.96. The summed E-state index contributed by atoms with van der Waals surface area (Å²) in [6.45, 7) is 12.1. The fourth-order valence-electron chi connectivity index (χ4n) is 2.74. The van der Waals surface area contributed by atoms with E-state index in [2.05, 4.69) is 13.2 Å². The van der Waals surface area contributed by atoms with Gasteiger partial charge < -0.3 is 18.6 Å². The van der Waals surface area contributed by atoms with Crippen LogP contribution in [0.2, 0.25) is 0 Å². The van der Waals surface area contributed by atoms with Gasteiger partial charge in [-0.15, -0.1) is 0 Å². The van der Waals surface area contributed by atoms with Crippen molar-refractivity contribution in [3.63, 3.8) is 0 Å². The van der Waals surface area contributed by atoms with Crippen molar-refractivity contribution in [3.8, 4) is 17.2 Å². The number of furan rings is 1. The average molecular weight is 380 g/mol. The first kappa shape index (κ1) is 19.2. The van der Waals surface area contributed by atoms with Gasteiger partial charge in [0.2, 0.25) is 5.75 Å². The van der Waals surface area contributed by atoms with Crippen LogP contribution in [0.25, 0.3) is 21.9 Å². The molecule has 0 N–H and O–H groups in total. The van der Waals surface area contributed by atoms with Crippen LogP contribution < -0.4 is 14.2 Å². The lowest BCUT2D eigenvalue weighted by molar-refractivity contribution is -0.131. The summed E-state index contributed by atoms with van der Waals surface area (Å²) in [6.07, 6.45) is 0. The van der Waals surface area contributed by atoms with E-state index >= 15 is 0 Å². The number of fused-ring (bicyclic) bond motifs is 3. The molecule has 0 atom stereocenters. The standard InChI is InChI=1S/C22H20O6/c1-11(2)21(23)26-16-9-7-14-15-8-10-17(27-22(24)12(3)4)20(25-6)19(15)28-18(14)13(16)5/h7-10H,1,3H2,2,4-6H3. The van der Waals surface area contributed by atoms with Gasteiger partial charge in [0.25, 0.3) is 0 Å². The van der Waals surface area contributed by atoms with Gasteiger partial charge in [-0.05, 0) is 45.0 Å². The maximum atomic E-state index is 11.9. The Labute approximate surface area is 162 Å². The van der Waals surface area contributed by atoms with Gasteiger partial charge in [0.1, 0.15) is 11.3 Å². The first-order chi connectivity index (χ1) is 13.2. The highest BCUT2D eigenvalue weighted by atomic mass is 16.6. The fourth-order valence-corrected chi connectivity index (χ4v) is 2.74. The zero-order valence-electron chi connectivity index (χ0n) is 16.2. The lowest BCUT2D eigenvalue weighted by Crippen LogP contribution is -2.09. The molecular weight excluding hydrogens is 360 g/mol. The molecule has 0 radical (unpaired) electrons. The lowest BCUT2D eigenvalue weighted by atomic mass is 10.1. The molecule has 0 saturated carbocycles. The molecule has 0 aliphatic rings. The molecule has 3 rings (SSSR count). The van der Waals surface area contributed by atoms with Crippen molar-refractivity contribution in [2.45, 2.75) is 20.8 Å². The van der Waals surface area contributed by atoms with Crippen molar-refractivity contribution >= 4 is 33.9 Å². The summed E-state index contributed by atoms with van der Waals surface area (Å²) in [7, 11) is 1.47. The predicted molar refractivity (Wildman–Crippen MR) is 106 cm³/mol. The summed E-state index contributed by atoms with van der Waals surface area (Å²) in [5.74, 6) is -0.159. The van der Waals surface area contributed by atoms with Crippen LogP contribution in [0, 0.1) is 6.92 Å². The minimum absolute atomic E-state index is 0.230. The Morgan fingerprint density at radius 1 is 0.857 bits per heavy atom. The Bertz CT molecular complexity index is 1150. The second kappa shape index (κ2) is 7.23. The highest BCUT2D eigenvalue weighted by molar-refractivity contribution is 6.09. The summed E-state index contributed by atoms with van der Waals surface area (Å²) in [5, 5.41) is 1.60. The Balaban J connectivity index is 2.16. The van der Waals surface area contributed by atoms with E-state index in [1.165, 1.54) is 7.11 Å². The van der Waals surface area contributed by atoms with Gasteiger partial charge in [0, 0.05) is 27.5 Å². The summed E-state index contributed by atoms with van der Waals surface area (Å²) in [5.41, 5.74) is 2.20. The summed E-state index contributed by atoms with van der Waals surface area (Å²) in [6, 6.07) is 6.92. The normalized spacial score (nSPS) is 10.7. The summed E-state index contributed by atoms with van der Waals surface area (Å²) < 4.78 is 22.1. The van der Waals surface area contributed by atoms with Crippen LogP contribution in [-0.2, 0) is 9.59 Å². The average Bonchev–Trinajstić information content (AvgIpc) is 3.03. The third-order valence-corrected chi connectivity index (χ3v) is 4.23. The first-order valence-corrected chi connectivity index (χ1v) is 8.52. The SMILES string of the molecule is C=C(C)C(=O)Oc1ccc2c(oc3c(OC)c(OC(=O)C(=C)C)ccc32)c1C. The zero-order chi connectivity index (χ0) is 20.6. The smallest absolute Gasteiger partial charge is 0.338 e. The van der Waals surface area contributed by atoms with Gasteiger partial charge in [-0.2, -0.15) is 0 Å². The van der Waals surface area contributed by atoms with Crippen molar-refractivity contribution in [2.24, 2.45) is 0 Å². The van der Waals surface area contributed by atoms with Gasteiger partial charge >= 0.3 is 11.9 Å². The molecule has 0 aliphatic heterocycles. The van der Waals surface area contributed by atoms with E-state index in [0.29, 0.717) is 33.8 Å². The highest BCUT2D eigenvalue weighted by Gasteiger charge is 2.21. The van der Waals surface area contributed by atoms with Crippen LogP contribution >= 0.6 is 0 Å². The number of methoxy groups -OCH3 is 1. The number of aryl methyl sites for hydroxylation is 1. The second-order valence-corrected chi connectivity index (χ2v) is 6.48. The zero-order valence-corrected chi connectivity index (χ0v) is 16.2. The van der Waals surface area contributed by atoms with Gasteiger partial charge in [0.05, 0.1) is 7.11 Å². The van der Waals surface area contributed by atoms with E-state index in [4.69, 9.17) is 18.6 Å². The maximum absolute atomic E-state index is 11.9. The van der Waals surface area contributed by atoms with Gasteiger partial charge in [0.15, 0.2) is 11.3 Å². The molecule has 6 nitrogen and oxygen atoms in total. The molecule has 144 valence electrons. The summed E-state index contributed by atoms with van der Waals surface area (Å²) in [4.78, 5) is 23.7. The molecule has 2 aromatic carbocycles. The van der Waals surface area contributed by atoms with Crippen molar-refractivity contribution in [2.75, 3.05) is 7.11 Å². The van der Waals surface area contributed by atoms with Crippen LogP contribution in [0.1, 0.15) is 19.4 Å². The molecule has 0 saturated heterocycles. The quantitative estimate of drug-likeness (QED) is 0.357. The van der Waals surface area contributed by atoms with Gasteiger partial charge in [-0.1, -0.05) is 13.2 Å². The van der Waals surface area contributed by atoms with Crippen LogP contribution in [0.5, 0.6) is 17.2 Å². The molecule has 0 bridgehead atoms. The third kappa shape index (κ3) is 3.24. The van der Waals surface area contributed by atoms with Crippen molar-refractivity contribution in [3.05, 3.63) is 54.1 Å². The van der Waals surface area contributed by atoms with Crippen molar-refractivity contribution in [1.29, 1.82) is 0 Å². The molecule has 28 heavy (non-hydrogen) atoms. The number of carbonyl (C=O) groups is 2. The van der Waals surface area contributed by atoms with Gasteiger partial charge in [-0.3, -0.25) is 0 Å². The molecule has 1 aromatic heterocycles. The number of carbonyl (C=O) groups excluding carboxylic acids is 2. The second-order valence-electron chi connectivity index (χ2n) is 6.48. The number of hydrogen-bond acceptors (Lipinski definition) is 6.